The van der Waals surface area contributed by atoms with Crippen LogP contribution in [0.25, 0.3) is 54.7 Å². The van der Waals surface area contributed by atoms with Crippen LogP contribution < -0.4 is 5.56 Å². The number of aromatic nitrogens is 1. The van der Waals surface area contributed by atoms with Crippen molar-refractivity contribution in [2.24, 2.45) is 0 Å². The van der Waals surface area contributed by atoms with E-state index in [1.54, 1.807) is 30.3 Å². The number of para-hydroxylation sites is 1. The van der Waals surface area contributed by atoms with E-state index in [9.17, 15) is 15.2 Å². The van der Waals surface area contributed by atoms with Gasteiger partial charge in [0.15, 0.2) is 0 Å². The fourth-order valence-corrected chi connectivity index (χ4v) is 4.70. The molecule has 4 heteroatoms. The summed E-state index contributed by atoms with van der Waals surface area (Å²) in [6.07, 6.45) is 0. The van der Waals surface area contributed by atoms with Crippen LogP contribution in [0.5, 0.6) is 5.75 Å². The topological polar surface area (TPSA) is 76.9 Å². The van der Waals surface area contributed by atoms with Crippen molar-refractivity contribution < 1.29 is 5.11 Å². The zero-order valence-corrected chi connectivity index (χ0v) is 16.9. The molecule has 5 aromatic carbocycles. The number of hydrogen-bond acceptors (Lipinski definition) is 3. The maximum absolute atomic E-state index is 12.9. The second kappa shape index (κ2) is 6.69. The second-order valence-electron chi connectivity index (χ2n) is 7.90. The average Bonchev–Trinajstić information content (AvgIpc) is 2.82. The van der Waals surface area contributed by atoms with Crippen LogP contribution in [0.2, 0.25) is 0 Å². The lowest BCUT2D eigenvalue weighted by atomic mass is 9.88. The first-order chi connectivity index (χ1) is 15.7. The number of nitrogens with one attached hydrogen (secondary N) is 1. The lowest BCUT2D eigenvalue weighted by Crippen LogP contribution is -2.12. The fourth-order valence-electron chi connectivity index (χ4n) is 4.70. The van der Waals surface area contributed by atoms with Crippen LogP contribution in [0.4, 0.5) is 0 Å². The minimum atomic E-state index is -0.478. The van der Waals surface area contributed by atoms with E-state index in [0.717, 1.165) is 32.5 Å². The molecule has 0 amide bonds. The van der Waals surface area contributed by atoms with Gasteiger partial charge in [0.2, 0.25) is 0 Å². The maximum atomic E-state index is 12.9. The van der Waals surface area contributed by atoms with Crippen LogP contribution in [0.1, 0.15) is 5.56 Å². The highest BCUT2D eigenvalue weighted by Gasteiger charge is 2.18. The Bertz CT molecular complexity index is 1760. The average molecular weight is 412 g/mol. The smallest absolute Gasteiger partial charge is 0.266 e. The van der Waals surface area contributed by atoms with E-state index in [-0.39, 0.29) is 11.3 Å². The van der Waals surface area contributed by atoms with E-state index in [0.29, 0.717) is 16.8 Å². The molecule has 0 saturated heterocycles. The number of phenols is 1. The molecule has 6 aromatic rings. The minimum absolute atomic E-state index is 0.0548. The van der Waals surface area contributed by atoms with Gasteiger partial charge in [-0.25, -0.2) is 0 Å². The summed E-state index contributed by atoms with van der Waals surface area (Å²) in [6.45, 7) is 0. The molecular weight excluding hydrogens is 396 g/mol. The van der Waals surface area contributed by atoms with E-state index < -0.39 is 5.56 Å². The Kier molecular flexibility index (Phi) is 3.80. The van der Waals surface area contributed by atoms with Gasteiger partial charge in [-0.2, -0.15) is 5.26 Å². The highest BCUT2D eigenvalue weighted by atomic mass is 16.3. The van der Waals surface area contributed by atoms with E-state index in [1.165, 1.54) is 5.39 Å². The molecule has 1 aromatic heterocycles. The third-order valence-corrected chi connectivity index (χ3v) is 6.16. The maximum Gasteiger partial charge on any atom is 0.266 e. The number of rotatable bonds is 2. The molecule has 0 aliphatic carbocycles. The lowest BCUT2D eigenvalue weighted by molar-refractivity contribution is 0.477. The van der Waals surface area contributed by atoms with Crippen molar-refractivity contribution in [3.05, 3.63) is 101 Å². The molecule has 0 spiro atoms. The SMILES string of the molecule is N#Cc1c(-c2ccc3ccc4cccc5ccc2c3c45)cc(-c2ccccc2O)[nH]c1=O. The molecule has 0 aliphatic heterocycles. The monoisotopic (exact) mass is 412 g/mol. The first-order valence-corrected chi connectivity index (χ1v) is 10.3. The van der Waals surface area contributed by atoms with Gasteiger partial charge in [0.05, 0.1) is 5.69 Å². The number of pyridine rings is 1. The molecule has 4 nitrogen and oxygen atoms in total. The van der Waals surface area contributed by atoms with E-state index in [1.807, 2.05) is 18.2 Å². The van der Waals surface area contributed by atoms with Crippen molar-refractivity contribution in [3.8, 4) is 34.2 Å². The first-order valence-electron chi connectivity index (χ1n) is 10.3. The van der Waals surface area contributed by atoms with Gasteiger partial charge < -0.3 is 10.1 Å². The zero-order chi connectivity index (χ0) is 21.8. The van der Waals surface area contributed by atoms with Gasteiger partial charge in [0, 0.05) is 11.1 Å². The predicted molar refractivity (Wildman–Crippen MR) is 128 cm³/mol. The summed E-state index contributed by atoms with van der Waals surface area (Å²) < 4.78 is 0. The molecule has 32 heavy (non-hydrogen) atoms. The summed E-state index contributed by atoms with van der Waals surface area (Å²) in [5.41, 5.74) is 1.91. The molecule has 0 radical (unpaired) electrons. The van der Waals surface area contributed by atoms with Gasteiger partial charge in [-0.05, 0) is 56.1 Å². The van der Waals surface area contributed by atoms with Gasteiger partial charge in [-0.3, -0.25) is 4.79 Å². The highest BCUT2D eigenvalue weighted by molar-refractivity contribution is 6.25. The summed E-state index contributed by atoms with van der Waals surface area (Å²) >= 11 is 0. The molecule has 0 atom stereocenters. The molecule has 1 heterocycles. The van der Waals surface area contributed by atoms with Crippen LogP contribution >= 0.6 is 0 Å². The van der Waals surface area contributed by atoms with Gasteiger partial charge >= 0.3 is 0 Å². The molecule has 150 valence electrons. The number of benzene rings is 5. The minimum Gasteiger partial charge on any atom is -0.507 e. The van der Waals surface area contributed by atoms with Crippen LogP contribution in [0, 0.1) is 11.3 Å². The van der Waals surface area contributed by atoms with Crippen molar-refractivity contribution in [3.63, 3.8) is 0 Å². The first kappa shape index (κ1) is 18.2. The van der Waals surface area contributed by atoms with Crippen molar-refractivity contribution in [1.29, 1.82) is 5.26 Å². The molecule has 2 N–H and O–H groups in total. The Hall–Kier alpha value is -4.62. The number of aromatic amines is 1. The number of nitrogens with zero attached hydrogens (tertiary/aromatic N) is 1. The Morgan fingerprint density at radius 3 is 2.16 bits per heavy atom. The van der Waals surface area contributed by atoms with Crippen molar-refractivity contribution in [2.75, 3.05) is 0 Å². The highest BCUT2D eigenvalue weighted by Crippen LogP contribution is 2.40. The van der Waals surface area contributed by atoms with Crippen molar-refractivity contribution in [2.45, 2.75) is 0 Å². The second-order valence-corrected chi connectivity index (χ2v) is 7.90. The normalized spacial score (nSPS) is 11.3. The predicted octanol–water partition coefficient (Wildman–Crippen LogP) is 6.18. The number of nitriles is 1. The summed E-state index contributed by atoms with van der Waals surface area (Å²) in [4.78, 5) is 15.6. The summed E-state index contributed by atoms with van der Waals surface area (Å²) in [5, 5.41) is 26.8. The number of phenolic OH excluding ortho intramolecular Hbond substituents is 1. The molecule has 0 bridgehead atoms. The standard InChI is InChI=1S/C28H16N2O2/c29-15-23-22(14-24(30-28(23)32)21-6-1-2-7-25(21)31)19-12-10-18-9-8-16-4-3-5-17-11-13-20(19)27(18)26(16)17/h1-14,31H,(H,30,32). The summed E-state index contributed by atoms with van der Waals surface area (Å²) in [5.74, 6) is 0.0641. The van der Waals surface area contributed by atoms with Crippen molar-refractivity contribution >= 4 is 32.3 Å². The Morgan fingerprint density at radius 2 is 1.41 bits per heavy atom. The third-order valence-electron chi connectivity index (χ3n) is 6.16. The largest absolute Gasteiger partial charge is 0.507 e. The summed E-state index contributed by atoms with van der Waals surface area (Å²) in [7, 11) is 0. The Labute approximate surface area is 183 Å². The van der Waals surface area contributed by atoms with E-state index in [2.05, 4.69) is 47.5 Å². The van der Waals surface area contributed by atoms with E-state index >= 15 is 0 Å². The third kappa shape index (κ3) is 2.52. The number of hydrogen-bond donors (Lipinski definition) is 2. The Morgan fingerprint density at radius 1 is 0.719 bits per heavy atom. The van der Waals surface area contributed by atoms with Crippen LogP contribution in [-0.2, 0) is 0 Å². The van der Waals surface area contributed by atoms with Gasteiger partial charge in [0.1, 0.15) is 17.4 Å². The molecule has 6 rings (SSSR count). The fraction of sp³-hybridized carbons (Fsp3) is 0. The lowest BCUT2D eigenvalue weighted by Gasteiger charge is -2.15. The van der Waals surface area contributed by atoms with Gasteiger partial charge in [-0.1, -0.05) is 66.7 Å². The number of aromatic hydroxyl groups is 1. The van der Waals surface area contributed by atoms with E-state index in [4.69, 9.17) is 0 Å². The van der Waals surface area contributed by atoms with Gasteiger partial charge in [0.25, 0.3) is 5.56 Å². The zero-order valence-electron chi connectivity index (χ0n) is 16.9. The van der Waals surface area contributed by atoms with Crippen LogP contribution in [-0.4, -0.2) is 10.1 Å². The number of H-pyrrole nitrogens is 1. The van der Waals surface area contributed by atoms with Gasteiger partial charge in [-0.15, -0.1) is 0 Å². The molecular formula is C28H16N2O2. The van der Waals surface area contributed by atoms with Crippen LogP contribution in [0.15, 0.2) is 89.7 Å². The molecule has 0 aliphatic rings. The summed E-state index contributed by atoms with van der Waals surface area (Å²) in [6, 6.07) is 29.3. The van der Waals surface area contributed by atoms with Crippen LogP contribution in [0.3, 0.4) is 0 Å². The molecule has 0 unspecified atom stereocenters. The van der Waals surface area contributed by atoms with Crippen molar-refractivity contribution in [1.82, 2.24) is 4.98 Å². The molecule has 0 saturated carbocycles. The quantitative estimate of drug-likeness (QED) is 0.333. The Balaban J connectivity index is 1.73. The molecule has 0 fully saturated rings.